The van der Waals surface area contributed by atoms with Gasteiger partial charge in [0, 0.05) is 31.9 Å². The number of hydroxylamine groups is 4. The van der Waals surface area contributed by atoms with E-state index in [2.05, 4.69) is 14.7 Å². The summed E-state index contributed by atoms with van der Waals surface area (Å²) in [6.45, 7) is 0. The number of nitrogens with two attached hydrogens (primary N) is 1. The van der Waals surface area contributed by atoms with Crippen molar-refractivity contribution in [3.63, 3.8) is 0 Å². The normalized spacial score (nSPS) is 16.6. The zero-order chi connectivity index (χ0) is 18.4. The van der Waals surface area contributed by atoms with Crippen LogP contribution in [0.5, 0.6) is 0 Å². The highest BCUT2D eigenvalue weighted by atomic mass is 16.9. The van der Waals surface area contributed by atoms with E-state index in [9.17, 15) is 24.0 Å². The highest BCUT2D eigenvalue weighted by molar-refractivity contribution is 6.02. The smallest absolute Gasteiger partial charge is 0.384 e. The molecule has 0 radical (unpaired) electrons. The summed E-state index contributed by atoms with van der Waals surface area (Å²) in [7, 11) is 0. The predicted octanol–water partition coefficient (Wildman–Crippen LogP) is -0.0686. The number of nitrogens with zero attached hydrogens (tertiary/aromatic N) is 3. The van der Waals surface area contributed by atoms with Gasteiger partial charge in [0.2, 0.25) is 0 Å². The Kier molecular flexibility index (Phi) is 5.61. The topological polar surface area (TPSA) is 149 Å². The summed E-state index contributed by atoms with van der Waals surface area (Å²) in [5, 5.41) is 0.515. The fraction of sp³-hybridized carbons (Fsp3) is 0.286. The van der Waals surface area contributed by atoms with Gasteiger partial charge >= 0.3 is 6.16 Å². The van der Waals surface area contributed by atoms with E-state index < -0.39 is 29.8 Å². The standard InChI is InChI=1S/C9H8N2O7.C5H6N2/c12-5-1-2-6(13)10(5)17-9(16)18-11-7(14)3-4-8(11)15;6-5-3-1-2-4-7-5/h1-4H2;1-4H,(H2,6,7). The van der Waals surface area contributed by atoms with Gasteiger partial charge in [0.05, 0.1) is 0 Å². The summed E-state index contributed by atoms with van der Waals surface area (Å²) >= 11 is 0. The molecule has 0 aliphatic carbocycles. The molecule has 2 aliphatic heterocycles. The SMILES string of the molecule is Nc1ccccn1.O=C(ON1C(=O)CCC1=O)ON1C(=O)CCC1=O. The molecule has 3 rings (SSSR count). The Balaban J connectivity index is 0.000000269. The van der Waals surface area contributed by atoms with E-state index in [0.717, 1.165) is 0 Å². The maximum Gasteiger partial charge on any atom is 0.560 e. The quantitative estimate of drug-likeness (QED) is 0.723. The molecule has 3 heterocycles. The summed E-state index contributed by atoms with van der Waals surface area (Å²) in [6, 6.07) is 5.43. The number of rotatable bonds is 2. The Morgan fingerprint density at radius 3 is 1.60 bits per heavy atom. The Bertz CT molecular complexity index is 634. The van der Waals surface area contributed by atoms with Gasteiger partial charge in [-0.05, 0) is 12.1 Å². The van der Waals surface area contributed by atoms with Crippen LogP contribution < -0.4 is 5.73 Å². The van der Waals surface area contributed by atoms with Gasteiger partial charge in [0.15, 0.2) is 0 Å². The van der Waals surface area contributed by atoms with E-state index in [1.807, 2.05) is 12.1 Å². The van der Waals surface area contributed by atoms with Crippen LogP contribution in [0, 0.1) is 0 Å². The number of aromatic nitrogens is 1. The number of hydrogen-bond donors (Lipinski definition) is 1. The van der Waals surface area contributed by atoms with Crippen LogP contribution in [0.1, 0.15) is 25.7 Å². The summed E-state index contributed by atoms with van der Waals surface area (Å²) in [4.78, 5) is 68.0. The Labute approximate surface area is 141 Å². The maximum atomic E-state index is 11.2. The zero-order valence-corrected chi connectivity index (χ0v) is 12.9. The van der Waals surface area contributed by atoms with Crippen molar-refractivity contribution in [3.05, 3.63) is 24.4 Å². The first-order chi connectivity index (χ1) is 11.9. The molecule has 2 aliphatic rings. The summed E-state index contributed by atoms with van der Waals surface area (Å²) < 4.78 is 0. The van der Waals surface area contributed by atoms with Crippen molar-refractivity contribution < 1.29 is 33.6 Å². The molecule has 11 nitrogen and oxygen atoms in total. The number of imide groups is 2. The number of nitrogen functional groups attached to an aromatic ring is 1. The molecular formula is C14H14N4O7. The molecule has 0 unspecified atom stereocenters. The van der Waals surface area contributed by atoms with Crippen molar-refractivity contribution in [2.24, 2.45) is 0 Å². The highest BCUT2D eigenvalue weighted by Gasteiger charge is 2.37. The van der Waals surface area contributed by atoms with Gasteiger partial charge in [0.1, 0.15) is 5.82 Å². The van der Waals surface area contributed by atoms with E-state index in [4.69, 9.17) is 5.73 Å². The third kappa shape index (κ3) is 4.73. The fourth-order valence-corrected chi connectivity index (χ4v) is 1.86. The van der Waals surface area contributed by atoms with Crippen LogP contribution >= 0.6 is 0 Å². The first-order valence-corrected chi connectivity index (χ1v) is 7.16. The van der Waals surface area contributed by atoms with Crippen LogP contribution in [0.4, 0.5) is 10.6 Å². The van der Waals surface area contributed by atoms with Crippen LogP contribution in [0.2, 0.25) is 0 Å². The number of anilines is 1. The minimum absolute atomic E-state index is 0.0618. The molecule has 0 spiro atoms. The molecule has 1 aromatic heterocycles. The van der Waals surface area contributed by atoms with Crippen molar-refractivity contribution >= 4 is 35.6 Å². The molecule has 2 fully saturated rings. The second kappa shape index (κ2) is 7.86. The third-order valence-corrected chi connectivity index (χ3v) is 3.03. The van der Waals surface area contributed by atoms with E-state index in [1.165, 1.54) is 0 Å². The number of hydrogen-bond acceptors (Lipinski definition) is 9. The molecular weight excluding hydrogens is 336 g/mol. The first-order valence-electron chi connectivity index (χ1n) is 7.16. The minimum Gasteiger partial charge on any atom is -0.384 e. The zero-order valence-electron chi connectivity index (χ0n) is 12.9. The molecule has 0 aromatic carbocycles. The van der Waals surface area contributed by atoms with Crippen molar-refractivity contribution in [2.75, 3.05) is 5.73 Å². The lowest BCUT2D eigenvalue weighted by atomic mass is 10.4. The first kappa shape index (κ1) is 17.8. The van der Waals surface area contributed by atoms with Gasteiger partial charge in [-0.15, -0.1) is 0 Å². The molecule has 2 N–H and O–H groups in total. The van der Waals surface area contributed by atoms with Crippen LogP contribution in [0.15, 0.2) is 24.4 Å². The van der Waals surface area contributed by atoms with Crippen LogP contribution in [0.3, 0.4) is 0 Å². The van der Waals surface area contributed by atoms with Gasteiger partial charge in [-0.1, -0.05) is 16.2 Å². The van der Waals surface area contributed by atoms with E-state index in [0.29, 0.717) is 5.82 Å². The van der Waals surface area contributed by atoms with Gasteiger partial charge in [-0.3, -0.25) is 28.9 Å². The predicted molar refractivity (Wildman–Crippen MR) is 78.4 cm³/mol. The molecule has 132 valence electrons. The van der Waals surface area contributed by atoms with Crippen molar-refractivity contribution in [1.29, 1.82) is 0 Å². The third-order valence-electron chi connectivity index (χ3n) is 3.03. The molecule has 4 amide bonds. The lowest BCUT2D eigenvalue weighted by molar-refractivity contribution is -0.198. The lowest BCUT2D eigenvalue weighted by Crippen LogP contribution is -2.37. The Hall–Kier alpha value is -3.50. The van der Waals surface area contributed by atoms with Crippen molar-refractivity contribution in [2.45, 2.75) is 25.7 Å². The molecule has 0 atom stereocenters. The Morgan fingerprint density at radius 2 is 1.32 bits per heavy atom. The summed E-state index contributed by atoms with van der Waals surface area (Å²) in [5.41, 5.74) is 5.25. The second-order valence-corrected chi connectivity index (χ2v) is 4.85. The van der Waals surface area contributed by atoms with Gasteiger partial charge < -0.3 is 5.73 Å². The van der Waals surface area contributed by atoms with Crippen LogP contribution in [0.25, 0.3) is 0 Å². The fourth-order valence-electron chi connectivity index (χ4n) is 1.86. The molecule has 2 saturated heterocycles. The molecule has 11 heteroatoms. The molecule has 0 saturated carbocycles. The summed E-state index contributed by atoms with van der Waals surface area (Å²) in [6.07, 6.45) is -0.0693. The van der Waals surface area contributed by atoms with Crippen LogP contribution in [-0.2, 0) is 28.9 Å². The highest BCUT2D eigenvalue weighted by Crippen LogP contribution is 2.15. The molecule has 1 aromatic rings. The van der Waals surface area contributed by atoms with E-state index >= 15 is 0 Å². The van der Waals surface area contributed by atoms with Gasteiger partial charge in [-0.2, -0.15) is 4.79 Å². The number of pyridine rings is 1. The van der Waals surface area contributed by atoms with Crippen molar-refractivity contribution in [3.8, 4) is 0 Å². The maximum absolute atomic E-state index is 11.2. The molecule has 0 bridgehead atoms. The number of carbonyl (C=O) groups is 5. The monoisotopic (exact) mass is 350 g/mol. The summed E-state index contributed by atoms with van der Waals surface area (Å²) in [5.74, 6) is -2.17. The van der Waals surface area contributed by atoms with E-state index in [-0.39, 0.29) is 35.8 Å². The van der Waals surface area contributed by atoms with E-state index in [1.54, 1.807) is 12.3 Å². The average molecular weight is 350 g/mol. The van der Waals surface area contributed by atoms with Gasteiger partial charge in [0.25, 0.3) is 23.6 Å². The molecule has 25 heavy (non-hydrogen) atoms. The number of amides is 4. The number of carbonyl (C=O) groups excluding carboxylic acids is 5. The largest absolute Gasteiger partial charge is 0.560 e. The van der Waals surface area contributed by atoms with Crippen LogP contribution in [-0.4, -0.2) is 44.9 Å². The Morgan fingerprint density at radius 1 is 0.880 bits per heavy atom. The lowest BCUT2D eigenvalue weighted by Gasteiger charge is -2.15. The average Bonchev–Trinajstić information content (AvgIpc) is 3.06. The van der Waals surface area contributed by atoms with Crippen molar-refractivity contribution in [1.82, 2.24) is 15.1 Å². The second-order valence-electron chi connectivity index (χ2n) is 4.85. The minimum atomic E-state index is -1.48. The van der Waals surface area contributed by atoms with Gasteiger partial charge in [-0.25, -0.2) is 4.98 Å².